The zero-order valence-corrected chi connectivity index (χ0v) is 13.9. The Labute approximate surface area is 139 Å². The van der Waals surface area contributed by atoms with E-state index < -0.39 is 6.04 Å². The minimum Gasteiger partial charge on any atom is -0.315 e. The van der Waals surface area contributed by atoms with Crippen molar-refractivity contribution >= 4 is 29.3 Å². The molecule has 4 nitrogen and oxygen atoms in total. The lowest BCUT2D eigenvalue weighted by atomic mass is 10.0. The zero-order chi connectivity index (χ0) is 16.2. The lowest BCUT2D eigenvalue weighted by Gasteiger charge is -2.35. The molecule has 2 unspecified atom stereocenters. The first-order valence-electron chi connectivity index (χ1n) is 8.06. The summed E-state index contributed by atoms with van der Waals surface area (Å²) in [7, 11) is 0. The molecule has 0 spiro atoms. The number of anilines is 1. The number of nitrogens with zero attached hydrogens (tertiary/aromatic N) is 2. The van der Waals surface area contributed by atoms with Gasteiger partial charge in [0.25, 0.3) is 5.91 Å². The standard InChI is InChI=1S/C17H19FN2O2S/c1-17-8-7-14(21)20(17)13(10-23-17)16(22)19-9-3-5-11-4-2-6-12(18)15(11)19/h2,4,6,13H,3,5,7-10H2,1H3. The minimum atomic E-state index is -0.467. The highest BCUT2D eigenvalue weighted by Gasteiger charge is 2.54. The van der Waals surface area contributed by atoms with Crippen LogP contribution in [0.3, 0.4) is 0 Å². The van der Waals surface area contributed by atoms with Gasteiger partial charge in [-0.3, -0.25) is 9.59 Å². The summed E-state index contributed by atoms with van der Waals surface area (Å²) in [5.41, 5.74) is 1.29. The summed E-state index contributed by atoms with van der Waals surface area (Å²) in [4.78, 5) is 28.4. The van der Waals surface area contributed by atoms with Gasteiger partial charge in [0, 0.05) is 18.7 Å². The van der Waals surface area contributed by atoms with Crippen LogP contribution in [0.15, 0.2) is 18.2 Å². The number of hydrogen-bond donors (Lipinski definition) is 0. The molecule has 0 bridgehead atoms. The molecule has 2 amide bonds. The summed E-state index contributed by atoms with van der Waals surface area (Å²) in [6.07, 6.45) is 2.90. The van der Waals surface area contributed by atoms with E-state index in [9.17, 15) is 14.0 Å². The molecule has 3 aliphatic heterocycles. The van der Waals surface area contributed by atoms with E-state index in [1.165, 1.54) is 6.07 Å². The summed E-state index contributed by atoms with van der Waals surface area (Å²) < 4.78 is 14.3. The molecule has 6 heteroatoms. The van der Waals surface area contributed by atoms with Crippen LogP contribution in [0, 0.1) is 5.82 Å². The van der Waals surface area contributed by atoms with Gasteiger partial charge < -0.3 is 9.80 Å². The Morgan fingerprint density at radius 3 is 3.04 bits per heavy atom. The Hall–Kier alpha value is -1.56. The zero-order valence-electron chi connectivity index (χ0n) is 13.0. The van der Waals surface area contributed by atoms with Gasteiger partial charge in [-0.15, -0.1) is 11.8 Å². The highest BCUT2D eigenvalue weighted by Crippen LogP contribution is 2.48. The Bertz CT molecular complexity index is 695. The van der Waals surface area contributed by atoms with Crippen LogP contribution in [0.2, 0.25) is 0 Å². The number of carbonyl (C=O) groups excluding carboxylic acids is 2. The quantitative estimate of drug-likeness (QED) is 0.792. The lowest BCUT2D eigenvalue weighted by molar-refractivity contribution is -0.136. The highest BCUT2D eigenvalue weighted by atomic mass is 32.2. The number of benzene rings is 1. The van der Waals surface area contributed by atoms with E-state index in [-0.39, 0.29) is 22.5 Å². The predicted molar refractivity (Wildman–Crippen MR) is 87.8 cm³/mol. The van der Waals surface area contributed by atoms with Crippen molar-refractivity contribution in [3.63, 3.8) is 0 Å². The average Bonchev–Trinajstić information content (AvgIpc) is 3.03. The van der Waals surface area contributed by atoms with E-state index >= 15 is 0 Å². The van der Waals surface area contributed by atoms with E-state index in [0.717, 1.165) is 24.8 Å². The molecule has 0 radical (unpaired) electrons. The van der Waals surface area contributed by atoms with Crippen LogP contribution in [0.4, 0.5) is 10.1 Å². The third-order valence-corrected chi connectivity index (χ3v) is 6.67. The molecule has 0 saturated carbocycles. The number of para-hydroxylation sites is 1. The number of hydrogen-bond acceptors (Lipinski definition) is 3. The summed E-state index contributed by atoms with van der Waals surface area (Å²) in [5, 5.41) is 0. The molecular weight excluding hydrogens is 315 g/mol. The van der Waals surface area contributed by atoms with Crippen LogP contribution in [-0.4, -0.2) is 39.9 Å². The fourth-order valence-electron chi connectivity index (χ4n) is 4.01. The maximum Gasteiger partial charge on any atom is 0.250 e. The normalized spacial score (nSPS) is 29.7. The summed E-state index contributed by atoms with van der Waals surface area (Å²) in [5.74, 6) is 0.155. The van der Waals surface area contributed by atoms with Crippen molar-refractivity contribution in [2.24, 2.45) is 0 Å². The molecule has 2 atom stereocenters. The van der Waals surface area contributed by atoms with Crippen molar-refractivity contribution < 1.29 is 14.0 Å². The second-order valence-corrected chi connectivity index (χ2v) is 8.11. The number of amides is 2. The fraction of sp³-hybridized carbons (Fsp3) is 0.529. The van der Waals surface area contributed by atoms with Crippen molar-refractivity contribution in [3.05, 3.63) is 29.6 Å². The van der Waals surface area contributed by atoms with Gasteiger partial charge in [-0.05, 0) is 37.8 Å². The number of halogens is 1. The first kappa shape index (κ1) is 15.0. The first-order valence-corrected chi connectivity index (χ1v) is 9.05. The van der Waals surface area contributed by atoms with Crippen LogP contribution in [-0.2, 0) is 16.0 Å². The van der Waals surface area contributed by atoms with Crippen molar-refractivity contribution in [1.29, 1.82) is 0 Å². The third kappa shape index (κ3) is 2.18. The van der Waals surface area contributed by atoms with Crippen LogP contribution in [0.1, 0.15) is 31.7 Å². The van der Waals surface area contributed by atoms with Crippen molar-refractivity contribution in [2.75, 3.05) is 17.2 Å². The molecule has 1 aromatic carbocycles. The van der Waals surface area contributed by atoms with E-state index in [0.29, 0.717) is 24.4 Å². The van der Waals surface area contributed by atoms with Crippen LogP contribution in [0.25, 0.3) is 0 Å². The number of thioether (sulfide) groups is 1. The largest absolute Gasteiger partial charge is 0.315 e. The smallest absolute Gasteiger partial charge is 0.250 e. The Morgan fingerprint density at radius 1 is 1.39 bits per heavy atom. The summed E-state index contributed by atoms with van der Waals surface area (Å²) >= 11 is 1.67. The Morgan fingerprint density at radius 2 is 2.22 bits per heavy atom. The molecule has 0 aliphatic carbocycles. The molecule has 3 heterocycles. The Balaban J connectivity index is 1.68. The SMILES string of the molecule is CC12CCC(=O)N1C(C(=O)N1CCCc3cccc(F)c31)CS2. The van der Waals surface area contributed by atoms with E-state index in [2.05, 4.69) is 0 Å². The second kappa shape index (κ2) is 5.23. The van der Waals surface area contributed by atoms with Gasteiger partial charge in [-0.2, -0.15) is 0 Å². The lowest BCUT2D eigenvalue weighted by Crippen LogP contribution is -2.52. The maximum atomic E-state index is 14.3. The molecule has 3 aliphatic rings. The fourth-order valence-corrected chi connectivity index (χ4v) is 5.43. The van der Waals surface area contributed by atoms with Gasteiger partial charge in [-0.25, -0.2) is 4.39 Å². The van der Waals surface area contributed by atoms with Gasteiger partial charge in [-0.1, -0.05) is 12.1 Å². The molecule has 122 valence electrons. The highest BCUT2D eigenvalue weighted by molar-refractivity contribution is 8.01. The summed E-state index contributed by atoms with van der Waals surface area (Å²) in [6, 6.07) is 4.51. The predicted octanol–water partition coefficient (Wildman–Crippen LogP) is 2.56. The van der Waals surface area contributed by atoms with Crippen LogP contribution >= 0.6 is 11.8 Å². The molecule has 0 aromatic heterocycles. The van der Waals surface area contributed by atoms with E-state index in [1.54, 1.807) is 27.6 Å². The van der Waals surface area contributed by atoms with Gasteiger partial charge in [0.2, 0.25) is 5.91 Å². The van der Waals surface area contributed by atoms with Crippen LogP contribution in [0.5, 0.6) is 0 Å². The van der Waals surface area contributed by atoms with E-state index in [4.69, 9.17) is 0 Å². The average molecular weight is 334 g/mol. The molecule has 2 fully saturated rings. The molecular formula is C17H19FN2O2S. The number of carbonyl (C=O) groups is 2. The van der Waals surface area contributed by atoms with Gasteiger partial charge in [0.05, 0.1) is 10.6 Å². The molecule has 4 rings (SSSR count). The van der Waals surface area contributed by atoms with Gasteiger partial charge >= 0.3 is 0 Å². The Kier molecular flexibility index (Phi) is 3.41. The van der Waals surface area contributed by atoms with Crippen molar-refractivity contribution in [1.82, 2.24) is 4.90 Å². The van der Waals surface area contributed by atoms with Crippen molar-refractivity contribution in [2.45, 2.75) is 43.5 Å². The maximum absolute atomic E-state index is 14.3. The molecule has 2 saturated heterocycles. The topological polar surface area (TPSA) is 40.6 Å². The number of fused-ring (bicyclic) bond motifs is 2. The number of aryl methyl sites for hydroxylation is 1. The monoisotopic (exact) mass is 334 g/mol. The minimum absolute atomic E-state index is 0.0432. The van der Waals surface area contributed by atoms with E-state index in [1.807, 2.05) is 13.0 Å². The molecule has 0 N–H and O–H groups in total. The molecule has 1 aromatic rings. The van der Waals surface area contributed by atoms with Crippen molar-refractivity contribution in [3.8, 4) is 0 Å². The summed E-state index contributed by atoms with van der Waals surface area (Å²) in [6.45, 7) is 2.55. The first-order chi connectivity index (χ1) is 11.0. The number of rotatable bonds is 1. The molecule has 23 heavy (non-hydrogen) atoms. The third-order valence-electron chi connectivity index (χ3n) is 5.16. The van der Waals surface area contributed by atoms with Crippen LogP contribution < -0.4 is 4.90 Å². The van der Waals surface area contributed by atoms with Gasteiger partial charge in [0.15, 0.2) is 0 Å². The second-order valence-electron chi connectivity index (χ2n) is 6.61. The van der Waals surface area contributed by atoms with Gasteiger partial charge in [0.1, 0.15) is 11.9 Å².